The fraction of sp³-hybridized carbons (Fsp3) is 0.240. The van der Waals surface area contributed by atoms with Crippen LogP contribution in [0.2, 0.25) is 0 Å². The molecule has 1 heterocycles. The summed E-state index contributed by atoms with van der Waals surface area (Å²) in [5, 5.41) is 17.4. The largest absolute Gasteiger partial charge is 0.358 e. The molecule has 5 rings (SSSR count). The van der Waals surface area contributed by atoms with Crippen LogP contribution in [-0.4, -0.2) is 10.7 Å². The van der Waals surface area contributed by atoms with Crippen molar-refractivity contribution in [3.63, 3.8) is 0 Å². The molecule has 0 amide bonds. The summed E-state index contributed by atoms with van der Waals surface area (Å²) in [5.74, 6) is -0.757. The molecule has 0 saturated heterocycles. The lowest BCUT2D eigenvalue weighted by Gasteiger charge is -2.41. The Morgan fingerprint density at radius 1 is 1.00 bits per heavy atom. The van der Waals surface area contributed by atoms with Gasteiger partial charge < -0.3 is 5.32 Å². The van der Waals surface area contributed by atoms with Gasteiger partial charge in [0.15, 0.2) is 0 Å². The van der Waals surface area contributed by atoms with Gasteiger partial charge in [0.1, 0.15) is 5.78 Å². The number of para-hydroxylation sites is 1. The molecule has 30 heavy (non-hydrogen) atoms. The maximum atomic E-state index is 13.4. The molecule has 0 fully saturated rings. The van der Waals surface area contributed by atoms with Crippen molar-refractivity contribution < 1.29 is 9.72 Å². The lowest BCUT2D eigenvalue weighted by Crippen LogP contribution is -2.39. The molecule has 0 spiro atoms. The second-order valence-corrected chi connectivity index (χ2v) is 8.88. The lowest BCUT2D eigenvalue weighted by molar-refractivity contribution is -0.385. The molecule has 3 aromatic rings. The van der Waals surface area contributed by atoms with E-state index in [2.05, 4.69) is 11.4 Å². The Morgan fingerprint density at radius 2 is 1.73 bits per heavy atom. The average Bonchev–Trinajstić information content (AvgIpc) is 2.71. The van der Waals surface area contributed by atoms with Crippen LogP contribution in [0, 0.1) is 21.4 Å². The molecule has 1 N–H and O–H groups in total. The minimum atomic E-state index is -0.461. The third-order valence-electron chi connectivity index (χ3n) is 6.22. The molecule has 0 unspecified atom stereocenters. The molecular weight excluding hydrogens is 376 g/mol. The van der Waals surface area contributed by atoms with Gasteiger partial charge in [-0.05, 0) is 27.8 Å². The van der Waals surface area contributed by atoms with E-state index < -0.39 is 11.8 Å². The number of benzene rings is 3. The molecule has 2 atom stereocenters. The smallest absolute Gasteiger partial charge is 0.273 e. The SMILES string of the molecule is CC1(C)C=C2Nc3ccc4ccccc4c3[C@H](c3ccccc3[N+](=O)[O-])[C@H]2C(=O)C1. The van der Waals surface area contributed by atoms with Crippen molar-refractivity contribution in [2.75, 3.05) is 5.32 Å². The predicted molar refractivity (Wildman–Crippen MR) is 117 cm³/mol. The number of anilines is 1. The van der Waals surface area contributed by atoms with Crippen molar-refractivity contribution in [3.05, 3.63) is 93.7 Å². The van der Waals surface area contributed by atoms with E-state index in [-0.39, 0.29) is 21.8 Å². The van der Waals surface area contributed by atoms with Crippen molar-refractivity contribution in [1.82, 2.24) is 0 Å². The Balaban J connectivity index is 1.86. The highest BCUT2D eigenvalue weighted by Crippen LogP contribution is 2.52. The number of fused-ring (bicyclic) bond motifs is 4. The number of carbonyl (C=O) groups is 1. The molecule has 150 valence electrons. The predicted octanol–water partition coefficient (Wildman–Crippen LogP) is 5.80. The molecule has 5 nitrogen and oxygen atoms in total. The number of ketones is 1. The zero-order valence-electron chi connectivity index (χ0n) is 16.9. The molecule has 1 aliphatic carbocycles. The maximum absolute atomic E-state index is 13.4. The third kappa shape index (κ3) is 2.81. The van der Waals surface area contributed by atoms with Crippen LogP contribution in [-0.2, 0) is 4.79 Å². The molecule has 0 bridgehead atoms. The van der Waals surface area contributed by atoms with Gasteiger partial charge in [0.05, 0.1) is 10.8 Å². The first-order valence-corrected chi connectivity index (χ1v) is 10.1. The van der Waals surface area contributed by atoms with Crippen molar-refractivity contribution in [2.45, 2.75) is 26.2 Å². The number of nitro benzene ring substituents is 1. The monoisotopic (exact) mass is 398 g/mol. The number of nitro groups is 1. The molecule has 2 aliphatic rings. The number of Topliss-reactive ketones (excluding diaryl/α,β-unsaturated/α-hetero) is 1. The third-order valence-corrected chi connectivity index (χ3v) is 6.22. The standard InChI is InChI=1S/C25H22N2O3/c1-25(2)13-19-24(21(28)14-25)23(17-9-5-6-10-20(17)27(29)30)22-16-8-4-3-7-15(16)11-12-18(22)26-19/h3-13,23-24,26H,14H2,1-2H3/t23-,24+/m0/s1. The van der Waals surface area contributed by atoms with Crippen LogP contribution in [0.15, 0.2) is 72.4 Å². The summed E-state index contributed by atoms with van der Waals surface area (Å²) >= 11 is 0. The Morgan fingerprint density at radius 3 is 2.53 bits per heavy atom. The first kappa shape index (κ1) is 18.6. The zero-order valence-corrected chi connectivity index (χ0v) is 16.9. The summed E-state index contributed by atoms with van der Waals surface area (Å²) in [6.07, 6.45) is 2.54. The van der Waals surface area contributed by atoms with Crippen LogP contribution in [0.25, 0.3) is 10.8 Å². The van der Waals surface area contributed by atoms with Crippen molar-refractivity contribution in [3.8, 4) is 0 Å². The van der Waals surface area contributed by atoms with Crippen molar-refractivity contribution in [1.29, 1.82) is 0 Å². The van der Waals surface area contributed by atoms with Crippen LogP contribution < -0.4 is 5.32 Å². The number of carbonyl (C=O) groups excluding carboxylic acids is 1. The molecule has 0 radical (unpaired) electrons. The van der Waals surface area contributed by atoms with Crippen molar-refractivity contribution in [2.24, 2.45) is 11.3 Å². The van der Waals surface area contributed by atoms with E-state index in [0.29, 0.717) is 12.0 Å². The Kier molecular flexibility index (Phi) is 4.03. The highest BCUT2D eigenvalue weighted by Gasteiger charge is 2.45. The van der Waals surface area contributed by atoms with Gasteiger partial charge >= 0.3 is 0 Å². The van der Waals surface area contributed by atoms with E-state index in [1.54, 1.807) is 12.1 Å². The first-order chi connectivity index (χ1) is 14.4. The van der Waals surface area contributed by atoms with E-state index in [9.17, 15) is 14.9 Å². The zero-order chi connectivity index (χ0) is 21.0. The van der Waals surface area contributed by atoms with E-state index in [0.717, 1.165) is 27.7 Å². The first-order valence-electron chi connectivity index (χ1n) is 10.1. The normalized spacial score (nSPS) is 21.9. The quantitative estimate of drug-likeness (QED) is 0.437. The number of rotatable bonds is 2. The van der Waals surface area contributed by atoms with E-state index in [1.165, 1.54) is 6.07 Å². The average molecular weight is 398 g/mol. The highest BCUT2D eigenvalue weighted by molar-refractivity contribution is 5.97. The molecular formula is C25H22N2O3. The van der Waals surface area contributed by atoms with E-state index >= 15 is 0 Å². The molecule has 0 aromatic heterocycles. The fourth-order valence-electron chi connectivity index (χ4n) is 5.09. The lowest BCUT2D eigenvalue weighted by atomic mass is 9.66. The van der Waals surface area contributed by atoms with Crippen LogP contribution in [0.4, 0.5) is 11.4 Å². The van der Waals surface area contributed by atoms with Gasteiger partial charge in [0.25, 0.3) is 5.69 Å². The van der Waals surface area contributed by atoms with Gasteiger partial charge in [-0.2, -0.15) is 0 Å². The van der Waals surface area contributed by atoms with Gasteiger partial charge in [0, 0.05) is 35.4 Å². The number of hydrogen-bond donors (Lipinski definition) is 1. The van der Waals surface area contributed by atoms with Crippen molar-refractivity contribution >= 4 is 27.9 Å². The minimum absolute atomic E-state index is 0.0558. The summed E-state index contributed by atoms with van der Waals surface area (Å²) < 4.78 is 0. The van der Waals surface area contributed by atoms with E-state index in [4.69, 9.17) is 0 Å². The summed E-state index contributed by atoms with van der Waals surface area (Å²) in [6, 6.07) is 18.9. The number of hydrogen-bond acceptors (Lipinski definition) is 4. The number of nitrogens with zero attached hydrogens (tertiary/aromatic N) is 1. The Bertz CT molecular complexity index is 1240. The fourth-order valence-corrected chi connectivity index (χ4v) is 5.09. The van der Waals surface area contributed by atoms with Crippen LogP contribution in [0.1, 0.15) is 37.3 Å². The molecule has 0 saturated carbocycles. The van der Waals surface area contributed by atoms with Gasteiger partial charge in [-0.1, -0.05) is 68.5 Å². The van der Waals surface area contributed by atoms with Gasteiger partial charge in [-0.25, -0.2) is 0 Å². The Hall–Kier alpha value is -3.47. The summed E-state index contributed by atoms with van der Waals surface area (Å²) in [6.45, 7) is 4.09. The molecule has 3 aromatic carbocycles. The van der Waals surface area contributed by atoms with Crippen LogP contribution >= 0.6 is 0 Å². The van der Waals surface area contributed by atoms with Gasteiger partial charge in [-0.15, -0.1) is 0 Å². The number of allylic oxidation sites excluding steroid dienone is 2. The van der Waals surface area contributed by atoms with Gasteiger partial charge in [-0.3, -0.25) is 14.9 Å². The molecule has 5 heteroatoms. The molecule has 1 aliphatic heterocycles. The van der Waals surface area contributed by atoms with Crippen LogP contribution in [0.3, 0.4) is 0 Å². The second kappa shape index (κ2) is 6.52. The second-order valence-electron chi connectivity index (χ2n) is 8.88. The topological polar surface area (TPSA) is 72.2 Å². The summed E-state index contributed by atoms with van der Waals surface area (Å²) in [7, 11) is 0. The highest BCUT2D eigenvalue weighted by atomic mass is 16.6. The Labute approximate surface area is 174 Å². The summed E-state index contributed by atoms with van der Waals surface area (Å²) in [5.41, 5.74) is 3.10. The maximum Gasteiger partial charge on any atom is 0.273 e. The van der Waals surface area contributed by atoms with Crippen LogP contribution in [0.5, 0.6) is 0 Å². The van der Waals surface area contributed by atoms with E-state index in [1.807, 2.05) is 56.3 Å². The number of nitrogens with one attached hydrogen (secondary N) is 1. The summed E-state index contributed by atoms with van der Waals surface area (Å²) in [4.78, 5) is 24.9. The van der Waals surface area contributed by atoms with Gasteiger partial charge in [0.2, 0.25) is 0 Å². The minimum Gasteiger partial charge on any atom is -0.358 e.